The van der Waals surface area contributed by atoms with Crippen LogP contribution < -0.4 is 4.74 Å². The first kappa shape index (κ1) is 29.3. The number of fused-ring (bicyclic) bond motifs is 12. The Morgan fingerprint density at radius 1 is 0.346 bits per heavy atom. The molecule has 0 amide bonds. The molecule has 8 aromatic carbocycles. The van der Waals surface area contributed by atoms with Crippen LogP contribution in [0.5, 0.6) is 11.5 Å². The molecule has 0 atom stereocenters. The lowest BCUT2D eigenvalue weighted by molar-refractivity contribution is 0.419. The summed E-state index contributed by atoms with van der Waals surface area (Å²) in [7, 11) is 0. The lowest BCUT2D eigenvalue weighted by Gasteiger charge is -2.35. The summed E-state index contributed by atoms with van der Waals surface area (Å²) in [5.74, 6) is 1.87. The summed E-state index contributed by atoms with van der Waals surface area (Å²) < 4.78 is 6.81. The number of para-hydroxylation sites is 2. The molecule has 8 aromatic rings. The molecule has 11 rings (SSSR count). The number of benzene rings is 8. The number of rotatable bonds is 1. The van der Waals surface area contributed by atoms with E-state index in [0.29, 0.717) is 0 Å². The van der Waals surface area contributed by atoms with Crippen LogP contribution in [0.3, 0.4) is 0 Å². The quantitative estimate of drug-likeness (QED) is 0.170. The van der Waals surface area contributed by atoms with Gasteiger partial charge in [-0.25, -0.2) is 0 Å². The monoisotopic (exact) mass is 662 g/mol. The van der Waals surface area contributed by atoms with Gasteiger partial charge >= 0.3 is 0 Å². The molecular weight excluding hydrogens is 629 g/mol. The van der Waals surface area contributed by atoms with Crippen LogP contribution in [-0.4, -0.2) is 0 Å². The first-order chi connectivity index (χ1) is 25.6. The summed E-state index contributed by atoms with van der Waals surface area (Å²) in [6.45, 7) is 4.61. The second-order valence-electron chi connectivity index (χ2n) is 14.8. The Balaban J connectivity index is 1.35. The third-order valence-corrected chi connectivity index (χ3v) is 11.7. The van der Waals surface area contributed by atoms with Crippen molar-refractivity contribution >= 4 is 64.6 Å². The highest BCUT2D eigenvalue weighted by Gasteiger charge is 2.35. The molecule has 1 heteroatoms. The fourth-order valence-electron chi connectivity index (χ4n) is 9.26. The second-order valence-corrected chi connectivity index (χ2v) is 14.8. The highest BCUT2D eigenvalue weighted by Crippen LogP contribution is 2.52. The van der Waals surface area contributed by atoms with Gasteiger partial charge in [-0.15, -0.1) is 0 Å². The molecule has 3 aliphatic rings. The van der Waals surface area contributed by atoms with Crippen LogP contribution >= 0.6 is 0 Å². The van der Waals surface area contributed by atoms with Gasteiger partial charge in [0.25, 0.3) is 0 Å². The Bertz CT molecular complexity index is 3130. The number of hydrogen-bond acceptors (Lipinski definition) is 1. The average Bonchev–Trinajstić information content (AvgIpc) is 3.19. The largest absolute Gasteiger partial charge is 0.456 e. The predicted molar refractivity (Wildman–Crippen MR) is 221 cm³/mol. The average molecular weight is 663 g/mol. The first-order valence-electron chi connectivity index (χ1n) is 18.2. The molecule has 0 spiro atoms. The highest BCUT2D eigenvalue weighted by atomic mass is 16.5. The van der Waals surface area contributed by atoms with Crippen molar-refractivity contribution in [1.29, 1.82) is 0 Å². The van der Waals surface area contributed by atoms with E-state index in [1.54, 1.807) is 0 Å². The highest BCUT2D eigenvalue weighted by molar-refractivity contribution is 6.31. The van der Waals surface area contributed by atoms with Gasteiger partial charge in [0.05, 0.1) is 0 Å². The smallest absolute Gasteiger partial charge is 0.139 e. The van der Waals surface area contributed by atoms with Crippen molar-refractivity contribution in [3.63, 3.8) is 0 Å². The minimum absolute atomic E-state index is 0.193. The van der Waals surface area contributed by atoms with Crippen molar-refractivity contribution in [2.45, 2.75) is 19.3 Å². The van der Waals surface area contributed by atoms with Crippen molar-refractivity contribution in [1.82, 2.24) is 0 Å². The van der Waals surface area contributed by atoms with Crippen LogP contribution in [0.25, 0.3) is 86.9 Å². The van der Waals surface area contributed by atoms with Gasteiger partial charge in [0.1, 0.15) is 11.5 Å². The topological polar surface area (TPSA) is 9.23 Å². The molecule has 0 saturated carbocycles. The first-order valence-corrected chi connectivity index (χ1v) is 18.2. The lowest BCUT2D eigenvalue weighted by Crippen LogP contribution is -2.24. The van der Waals surface area contributed by atoms with Gasteiger partial charge in [-0.3, -0.25) is 0 Å². The molecule has 0 radical (unpaired) electrons. The van der Waals surface area contributed by atoms with Crippen molar-refractivity contribution in [3.05, 3.63) is 181 Å². The Morgan fingerprint density at radius 2 is 0.750 bits per heavy atom. The minimum atomic E-state index is -0.193. The normalized spacial score (nSPS) is 13.5. The molecule has 52 heavy (non-hydrogen) atoms. The molecule has 1 heterocycles. The molecule has 0 saturated heterocycles. The number of ether oxygens (including phenoxy) is 1. The van der Waals surface area contributed by atoms with Gasteiger partial charge in [-0.1, -0.05) is 172 Å². The van der Waals surface area contributed by atoms with Crippen LogP contribution in [0, 0.1) is 0 Å². The maximum atomic E-state index is 6.81. The number of hydrogen-bond donors (Lipinski definition) is 0. The SMILES string of the molecule is CC1(C)c2ccccc2Oc2c(-c3ccc4c(c3)c3cccc5c3-c3c(cccc3c3ccccc34)c3ccccc3c3ccccc53)cccc21. The zero-order chi connectivity index (χ0) is 34.6. The molecule has 0 fully saturated rings. The van der Waals surface area contributed by atoms with E-state index >= 15 is 0 Å². The van der Waals surface area contributed by atoms with Gasteiger partial charge in [-0.05, 0) is 93.5 Å². The van der Waals surface area contributed by atoms with Gasteiger partial charge in [0, 0.05) is 22.1 Å². The van der Waals surface area contributed by atoms with E-state index in [1.165, 1.54) is 86.9 Å². The summed E-state index contributed by atoms with van der Waals surface area (Å²) in [6.07, 6.45) is 0. The van der Waals surface area contributed by atoms with Crippen molar-refractivity contribution in [3.8, 4) is 33.8 Å². The Labute approximate surface area is 302 Å². The molecule has 244 valence electrons. The molecule has 2 aliphatic carbocycles. The van der Waals surface area contributed by atoms with Crippen LogP contribution in [0.15, 0.2) is 170 Å². The van der Waals surface area contributed by atoms with Crippen LogP contribution in [0.4, 0.5) is 0 Å². The van der Waals surface area contributed by atoms with E-state index < -0.39 is 0 Å². The third-order valence-electron chi connectivity index (χ3n) is 11.7. The fourth-order valence-corrected chi connectivity index (χ4v) is 9.26. The Kier molecular flexibility index (Phi) is 6.08. The zero-order valence-electron chi connectivity index (χ0n) is 29.1. The van der Waals surface area contributed by atoms with Crippen LogP contribution in [-0.2, 0) is 5.41 Å². The summed E-state index contributed by atoms with van der Waals surface area (Å²) in [5, 5.41) is 15.0. The van der Waals surface area contributed by atoms with Crippen molar-refractivity contribution < 1.29 is 4.74 Å². The van der Waals surface area contributed by atoms with E-state index in [9.17, 15) is 0 Å². The van der Waals surface area contributed by atoms with Crippen LogP contribution in [0.2, 0.25) is 0 Å². The van der Waals surface area contributed by atoms with E-state index in [-0.39, 0.29) is 5.41 Å². The molecule has 1 aliphatic heterocycles. The van der Waals surface area contributed by atoms with Crippen molar-refractivity contribution in [2.75, 3.05) is 0 Å². The Hall–Kier alpha value is -6.44. The van der Waals surface area contributed by atoms with E-state index in [0.717, 1.165) is 22.6 Å². The summed E-state index contributed by atoms with van der Waals surface area (Å²) >= 11 is 0. The zero-order valence-corrected chi connectivity index (χ0v) is 29.1. The molecule has 0 bridgehead atoms. The Morgan fingerprint density at radius 3 is 1.31 bits per heavy atom. The summed E-state index contributed by atoms with van der Waals surface area (Å²) in [5.41, 5.74) is 7.06. The minimum Gasteiger partial charge on any atom is -0.456 e. The molecule has 0 unspecified atom stereocenters. The van der Waals surface area contributed by atoms with Gasteiger partial charge in [-0.2, -0.15) is 0 Å². The molecule has 1 nitrogen and oxygen atoms in total. The molecular formula is C51H34O. The maximum absolute atomic E-state index is 6.81. The van der Waals surface area contributed by atoms with E-state index in [4.69, 9.17) is 4.74 Å². The van der Waals surface area contributed by atoms with Crippen molar-refractivity contribution in [2.24, 2.45) is 0 Å². The summed E-state index contributed by atoms with van der Waals surface area (Å²) in [6, 6.07) is 62.7. The van der Waals surface area contributed by atoms with E-state index in [2.05, 4.69) is 184 Å². The molecule has 0 aromatic heterocycles. The third kappa shape index (κ3) is 3.99. The standard InChI is InChI=1S/C51H34O/c1-51(2)45-25-9-10-27-47(45)52-50-32(20-13-26-46(50)51)31-28-29-39-35-16-5-8-19-38(35)41-22-11-21-40-36-17-6-3-14-33(36)34-15-4-7-18-37(34)42-23-12-24-43(44(39)30-31)49(42)48(40)41/h3-30H,1-2H3. The van der Waals surface area contributed by atoms with Gasteiger partial charge < -0.3 is 4.74 Å². The maximum Gasteiger partial charge on any atom is 0.139 e. The lowest BCUT2D eigenvalue weighted by atomic mass is 9.75. The van der Waals surface area contributed by atoms with Gasteiger partial charge in [0.2, 0.25) is 0 Å². The summed E-state index contributed by atoms with van der Waals surface area (Å²) in [4.78, 5) is 0. The second kappa shape index (κ2) is 10.8. The van der Waals surface area contributed by atoms with E-state index in [1.807, 2.05) is 0 Å². The predicted octanol–water partition coefficient (Wildman–Crippen LogP) is 14.4. The fraction of sp³-hybridized carbons (Fsp3) is 0.0588. The van der Waals surface area contributed by atoms with Gasteiger partial charge in [0.15, 0.2) is 0 Å². The van der Waals surface area contributed by atoms with Crippen LogP contribution in [0.1, 0.15) is 25.0 Å². The molecule has 0 N–H and O–H groups in total.